The zero-order chi connectivity index (χ0) is 22.2. The number of aryl methyl sites for hydroxylation is 1. The van der Waals surface area contributed by atoms with Crippen LogP contribution in [0.15, 0.2) is 29.2 Å². The summed E-state index contributed by atoms with van der Waals surface area (Å²) >= 11 is 0. The van der Waals surface area contributed by atoms with Crippen LogP contribution in [0.1, 0.15) is 45.6 Å². The Kier molecular flexibility index (Phi) is 10.6. The van der Waals surface area contributed by atoms with E-state index in [9.17, 15) is 8.42 Å². The highest BCUT2D eigenvalue weighted by molar-refractivity contribution is 7.90. The second-order valence-electron chi connectivity index (χ2n) is 9.12. The standard InChI is InChI=1S/C11H21N.C8H10O2S.C2H6O.CH2O/c1-10(2)5-9-6-11(3,7-10)8-12(9)4;1-7-3-5-8(6-4-7)11(2,9)10;1-3-2;1-2/h9H,5-8H2,1-4H3;3-6H,1-2H3;1-2H3;1H2. The van der Waals surface area contributed by atoms with Gasteiger partial charge in [0.15, 0.2) is 9.84 Å². The van der Waals surface area contributed by atoms with E-state index in [0.29, 0.717) is 15.7 Å². The second-order valence-corrected chi connectivity index (χ2v) is 11.1. The van der Waals surface area contributed by atoms with Crippen molar-refractivity contribution in [2.75, 3.05) is 34.1 Å². The smallest absolute Gasteiger partial charge is 0.175 e. The summed E-state index contributed by atoms with van der Waals surface area (Å²) in [5.74, 6) is 0. The number of likely N-dealkylation sites (tertiary alicyclic amines) is 1. The lowest BCUT2D eigenvalue weighted by molar-refractivity contribution is -0.0980. The zero-order valence-corrected chi connectivity index (χ0v) is 19.7. The quantitative estimate of drug-likeness (QED) is 0.696. The molecule has 3 rings (SSSR count). The molecule has 1 aromatic carbocycles. The van der Waals surface area contributed by atoms with Crippen LogP contribution in [0.3, 0.4) is 0 Å². The monoisotopic (exact) mass is 413 g/mol. The Morgan fingerprint density at radius 2 is 1.54 bits per heavy atom. The number of carbonyl (C=O) groups excluding carboxylic acids is 1. The van der Waals surface area contributed by atoms with Gasteiger partial charge in [-0.15, -0.1) is 0 Å². The van der Waals surface area contributed by atoms with Gasteiger partial charge in [-0.25, -0.2) is 8.42 Å². The van der Waals surface area contributed by atoms with Crippen molar-refractivity contribution in [2.45, 2.75) is 57.9 Å². The van der Waals surface area contributed by atoms with Gasteiger partial charge < -0.3 is 14.4 Å². The van der Waals surface area contributed by atoms with Gasteiger partial charge in [0.2, 0.25) is 0 Å². The number of hydrogen-bond donors (Lipinski definition) is 0. The van der Waals surface area contributed by atoms with Gasteiger partial charge in [-0.3, -0.25) is 0 Å². The molecule has 2 aliphatic rings. The number of methoxy groups -OCH3 is 1. The van der Waals surface area contributed by atoms with Crippen LogP contribution < -0.4 is 0 Å². The molecular weight excluding hydrogens is 374 g/mol. The summed E-state index contributed by atoms with van der Waals surface area (Å²) in [5, 5.41) is 0. The van der Waals surface area contributed by atoms with Crippen molar-refractivity contribution in [1.29, 1.82) is 0 Å². The minimum Gasteiger partial charge on any atom is -0.388 e. The third-order valence-electron chi connectivity index (χ3n) is 5.13. The Hall–Kier alpha value is -1.24. The summed E-state index contributed by atoms with van der Waals surface area (Å²) in [6.45, 7) is 12.6. The van der Waals surface area contributed by atoms with Crippen molar-refractivity contribution in [2.24, 2.45) is 10.8 Å². The van der Waals surface area contributed by atoms with E-state index < -0.39 is 9.84 Å². The van der Waals surface area contributed by atoms with Crippen LogP contribution in [0.25, 0.3) is 0 Å². The molecule has 0 spiro atoms. The summed E-state index contributed by atoms with van der Waals surface area (Å²) < 4.78 is 26.1. The fraction of sp³-hybridized carbons (Fsp3) is 0.682. The maximum absolute atomic E-state index is 10.9. The first kappa shape index (κ1) is 26.8. The maximum atomic E-state index is 10.9. The van der Waals surface area contributed by atoms with Crippen molar-refractivity contribution < 1.29 is 17.9 Å². The lowest BCUT2D eigenvalue weighted by Gasteiger charge is -2.39. The van der Waals surface area contributed by atoms with E-state index in [1.54, 1.807) is 38.5 Å². The molecule has 2 unspecified atom stereocenters. The van der Waals surface area contributed by atoms with Crippen molar-refractivity contribution >= 4 is 16.6 Å². The molecule has 1 aliphatic carbocycles. The topological polar surface area (TPSA) is 63.7 Å². The molecule has 1 saturated heterocycles. The Morgan fingerprint density at radius 3 is 1.93 bits per heavy atom. The molecule has 1 aliphatic heterocycles. The largest absolute Gasteiger partial charge is 0.388 e. The van der Waals surface area contributed by atoms with Gasteiger partial charge >= 0.3 is 0 Å². The zero-order valence-electron chi connectivity index (χ0n) is 18.9. The van der Waals surface area contributed by atoms with E-state index in [0.717, 1.165) is 11.6 Å². The Morgan fingerprint density at radius 1 is 1.07 bits per heavy atom. The number of ether oxygens (including phenoxy) is 1. The van der Waals surface area contributed by atoms with Crippen LogP contribution >= 0.6 is 0 Å². The summed E-state index contributed by atoms with van der Waals surface area (Å²) in [6, 6.07) is 7.68. The molecule has 6 heteroatoms. The number of rotatable bonds is 1. The molecule has 0 amide bonds. The molecule has 162 valence electrons. The minimum absolute atomic E-state index is 0.378. The molecule has 0 aromatic heterocycles. The third kappa shape index (κ3) is 8.84. The van der Waals surface area contributed by atoms with Crippen LogP contribution in [-0.2, 0) is 19.4 Å². The predicted molar refractivity (Wildman–Crippen MR) is 116 cm³/mol. The molecule has 0 radical (unpaired) electrons. The van der Waals surface area contributed by atoms with E-state index in [-0.39, 0.29) is 0 Å². The molecule has 5 nitrogen and oxygen atoms in total. The Balaban J connectivity index is 0.000000426. The average Bonchev–Trinajstić information content (AvgIpc) is 2.77. The molecule has 2 bridgehead atoms. The number of hydrogen-bond acceptors (Lipinski definition) is 5. The number of fused-ring (bicyclic) bond motifs is 2. The van der Waals surface area contributed by atoms with Gasteiger partial charge in [-0.1, -0.05) is 38.5 Å². The number of benzene rings is 1. The normalized spacial score (nSPS) is 25.2. The van der Waals surface area contributed by atoms with Crippen molar-refractivity contribution in [3.05, 3.63) is 29.8 Å². The summed E-state index contributed by atoms with van der Waals surface area (Å²) in [5.41, 5.74) is 2.28. The molecule has 28 heavy (non-hydrogen) atoms. The first-order valence-electron chi connectivity index (χ1n) is 9.48. The molecule has 2 atom stereocenters. The van der Waals surface area contributed by atoms with Gasteiger partial charge in [-0.2, -0.15) is 0 Å². The fourth-order valence-electron chi connectivity index (χ4n) is 4.53. The van der Waals surface area contributed by atoms with E-state index in [1.807, 2.05) is 13.7 Å². The van der Waals surface area contributed by atoms with Gasteiger partial charge in [0.05, 0.1) is 4.90 Å². The summed E-state index contributed by atoms with van der Waals surface area (Å²) in [6.07, 6.45) is 5.46. The number of nitrogens with zero attached hydrogens (tertiary/aromatic N) is 1. The average molecular weight is 414 g/mol. The van der Waals surface area contributed by atoms with Crippen molar-refractivity contribution in [3.8, 4) is 0 Å². The molecule has 0 N–H and O–H groups in total. The van der Waals surface area contributed by atoms with Crippen LogP contribution in [-0.4, -0.2) is 60.2 Å². The van der Waals surface area contributed by atoms with Gasteiger partial charge in [-0.05, 0) is 56.2 Å². The van der Waals surface area contributed by atoms with E-state index >= 15 is 0 Å². The molecule has 2 fully saturated rings. The minimum atomic E-state index is -3.02. The van der Waals surface area contributed by atoms with Gasteiger partial charge in [0.25, 0.3) is 0 Å². The van der Waals surface area contributed by atoms with Crippen molar-refractivity contribution in [3.63, 3.8) is 0 Å². The van der Waals surface area contributed by atoms with Crippen molar-refractivity contribution in [1.82, 2.24) is 4.90 Å². The Labute approximate surface area is 172 Å². The lowest BCUT2D eigenvalue weighted by Crippen LogP contribution is -2.33. The lowest BCUT2D eigenvalue weighted by atomic mass is 9.65. The van der Waals surface area contributed by atoms with E-state index in [1.165, 1.54) is 32.1 Å². The molecular formula is C22H39NO4S. The third-order valence-corrected chi connectivity index (χ3v) is 6.25. The highest BCUT2D eigenvalue weighted by Crippen LogP contribution is 2.51. The highest BCUT2D eigenvalue weighted by atomic mass is 32.2. The SMILES string of the molecule is C=O.CN1CC2(C)CC1CC(C)(C)C2.COC.Cc1ccc(S(C)(=O)=O)cc1. The van der Waals surface area contributed by atoms with Crippen LogP contribution in [0.5, 0.6) is 0 Å². The maximum Gasteiger partial charge on any atom is 0.175 e. The van der Waals surface area contributed by atoms with Gasteiger partial charge in [0, 0.05) is 33.1 Å². The van der Waals surface area contributed by atoms with Crippen LogP contribution in [0.2, 0.25) is 0 Å². The second kappa shape index (κ2) is 11.1. The predicted octanol–water partition coefficient (Wildman–Crippen LogP) is 3.99. The van der Waals surface area contributed by atoms with Crippen LogP contribution in [0.4, 0.5) is 0 Å². The van der Waals surface area contributed by atoms with Crippen LogP contribution in [0, 0.1) is 17.8 Å². The first-order chi connectivity index (χ1) is 12.8. The van der Waals surface area contributed by atoms with Gasteiger partial charge in [0.1, 0.15) is 6.79 Å². The Bertz CT molecular complexity index is 681. The number of sulfone groups is 1. The highest BCUT2D eigenvalue weighted by Gasteiger charge is 2.48. The molecule has 1 heterocycles. The van der Waals surface area contributed by atoms with E-state index in [4.69, 9.17) is 4.79 Å². The first-order valence-corrected chi connectivity index (χ1v) is 11.4. The molecule has 1 saturated carbocycles. The van der Waals surface area contributed by atoms with E-state index in [2.05, 4.69) is 37.5 Å². The fourth-order valence-corrected chi connectivity index (χ4v) is 5.16. The molecule has 1 aromatic rings. The summed E-state index contributed by atoms with van der Waals surface area (Å²) in [7, 11) is 2.52. The summed E-state index contributed by atoms with van der Waals surface area (Å²) in [4.78, 5) is 10.9. The number of carbonyl (C=O) groups is 1.